The van der Waals surface area contributed by atoms with E-state index in [9.17, 15) is 8.42 Å². The first-order chi connectivity index (χ1) is 7.02. The van der Waals surface area contributed by atoms with Gasteiger partial charge in [-0.05, 0) is 24.1 Å². The van der Waals surface area contributed by atoms with Gasteiger partial charge in [-0.1, -0.05) is 12.1 Å². The number of hydrogen-bond donors (Lipinski definition) is 0. The molecule has 1 aromatic rings. The van der Waals surface area contributed by atoms with Gasteiger partial charge in [0.2, 0.25) is 9.05 Å². The number of halogens is 1. The van der Waals surface area contributed by atoms with Crippen molar-refractivity contribution in [1.82, 2.24) is 0 Å². The van der Waals surface area contributed by atoms with Crippen molar-refractivity contribution >= 4 is 19.7 Å². The Bertz CT molecular complexity index is 469. The van der Waals surface area contributed by atoms with Crippen LogP contribution in [0.1, 0.15) is 17.9 Å². The Balaban J connectivity index is 2.20. The van der Waals surface area contributed by atoms with E-state index in [1.54, 1.807) is 7.11 Å². The molecule has 2 atom stereocenters. The first-order valence-corrected chi connectivity index (χ1v) is 6.97. The molecule has 5 heteroatoms. The monoisotopic (exact) mass is 246 g/mol. The van der Waals surface area contributed by atoms with Crippen molar-refractivity contribution in [3.8, 4) is 5.75 Å². The molecule has 2 unspecified atom stereocenters. The predicted octanol–water partition coefficient (Wildman–Crippen LogP) is 2.12. The molecule has 0 saturated heterocycles. The minimum Gasteiger partial charge on any atom is -0.497 e. The van der Waals surface area contributed by atoms with Crippen LogP contribution in [-0.4, -0.2) is 20.8 Å². The molecule has 0 spiro atoms. The SMILES string of the molecule is COc1cccc(C2CC2S(=O)(=O)Cl)c1. The van der Waals surface area contributed by atoms with E-state index >= 15 is 0 Å². The van der Waals surface area contributed by atoms with Gasteiger partial charge in [0.15, 0.2) is 0 Å². The van der Waals surface area contributed by atoms with Crippen molar-refractivity contribution in [3.63, 3.8) is 0 Å². The number of ether oxygens (including phenoxy) is 1. The highest BCUT2D eigenvalue weighted by Gasteiger charge is 2.47. The highest BCUT2D eigenvalue weighted by Crippen LogP contribution is 2.47. The third-order valence-corrected chi connectivity index (χ3v) is 4.55. The van der Waals surface area contributed by atoms with Crippen LogP contribution in [0.15, 0.2) is 24.3 Å². The number of benzene rings is 1. The lowest BCUT2D eigenvalue weighted by molar-refractivity contribution is 0.414. The molecule has 0 bridgehead atoms. The molecule has 0 heterocycles. The van der Waals surface area contributed by atoms with E-state index in [0.29, 0.717) is 6.42 Å². The van der Waals surface area contributed by atoms with Crippen molar-refractivity contribution in [3.05, 3.63) is 29.8 Å². The maximum absolute atomic E-state index is 11.1. The number of methoxy groups -OCH3 is 1. The Morgan fingerprint density at radius 2 is 2.20 bits per heavy atom. The van der Waals surface area contributed by atoms with Gasteiger partial charge in [0.25, 0.3) is 0 Å². The van der Waals surface area contributed by atoms with Crippen LogP contribution in [-0.2, 0) is 9.05 Å². The lowest BCUT2D eigenvalue weighted by Gasteiger charge is -2.02. The molecule has 0 aromatic heterocycles. The summed E-state index contributed by atoms with van der Waals surface area (Å²) in [5, 5.41) is -0.425. The molecule has 2 rings (SSSR count). The zero-order valence-electron chi connectivity index (χ0n) is 8.18. The first-order valence-electron chi connectivity index (χ1n) is 4.60. The molecule has 0 radical (unpaired) electrons. The topological polar surface area (TPSA) is 43.4 Å². The van der Waals surface area contributed by atoms with E-state index in [2.05, 4.69) is 0 Å². The van der Waals surface area contributed by atoms with Crippen LogP contribution in [0.3, 0.4) is 0 Å². The van der Waals surface area contributed by atoms with Gasteiger partial charge in [0.1, 0.15) is 5.75 Å². The summed E-state index contributed by atoms with van der Waals surface area (Å²) in [6, 6.07) is 7.43. The highest BCUT2D eigenvalue weighted by atomic mass is 35.7. The lowest BCUT2D eigenvalue weighted by atomic mass is 10.1. The smallest absolute Gasteiger partial charge is 0.236 e. The average Bonchev–Trinajstić information content (AvgIpc) is 2.96. The summed E-state index contributed by atoms with van der Waals surface area (Å²) < 4.78 is 27.2. The van der Waals surface area contributed by atoms with Gasteiger partial charge in [-0.25, -0.2) is 8.42 Å². The Morgan fingerprint density at radius 1 is 1.47 bits per heavy atom. The molecule has 0 amide bonds. The second kappa shape index (κ2) is 3.68. The molecule has 1 aliphatic carbocycles. The zero-order valence-corrected chi connectivity index (χ0v) is 9.75. The molecule has 82 valence electrons. The standard InChI is InChI=1S/C10H11ClO3S/c1-14-8-4-2-3-7(5-8)9-6-10(9)15(11,12)13/h2-5,9-10H,6H2,1H3. The zero-order chi connectivity index (χ0) is 11.1. The number of rotatable bonds is 3. The molecule has 1 aromatic carbocycles. The fraction of sp³-hybridized carbons (Fsp3) is 0.400. The van der Waals surface area contributed by atoms with Gasteiger partial charge < -0.3 is 4.74 Å². The summed E-state index contributed by atoms with van der Waals surface area (Å²) in [5.41, 5.74) is 0.976. The first kappa shape index (κ1) is 10.8. The van der Waals surface area contributed by atoms with Crippen molar-refractivity contribution < 1.29 is 13.2 Å². The molecule has 1 saturated carbocycles. The molecule has 1 fully saturated rings. The maximum atomic E-state index is 11.1. The van der Waals surface area contributed by atoms with Crippen LogP contribution in [0.5, 0.6) is 5.75 Å². The Hall–Kier alpha value is -0.740. The van der Waals surface area contributed by atoms with Crippen LogP contribution in [0, 0.1) is 0 Å². The van der Waals surface area contributed by atoms with Crippen molar-refractivity contribution in [2.75, 3.05) is 7.11 Å². The normalized spacial score (nSPS) is 24.9. The maximum Gasteiger partial charge on any atom is 0.236 e. The van der Waals surface area contributed by atoms with Crippen molar-refractivity contribution in [2.45, 2.75) is 17.6 Å². The third kappa shape index (κ3) is 2.26. The lowest BCUT2D eigenvalue weighted by Crippen LogP contribution is -1.99. The van der Waals surface area contributed by atoms with Crippen LogP contribution in [0.25, 0.3) is 0 Å². The van der Waals surface area contributed by atoms with Crippen molar-refractivity contribution in [1.29, 1.82) is 0 Å². The van der Waals surface area contributed by atoms with E-state index in [-0.39, 0.29) is 5.92 Å². The summed E-state index contributed by atoms with van der Waals surface area (Å²) >= 11 is 0. The Kier molecular flexibility index (Phi) is 2.64. The van der Waals surface area contributed by atoms with E-state index in [1.165, 1.54) is 0 Å². The van der Waals surface area contributed by atoms with Crippen LogP contribution >= 0.6 is 10.7 Å². The van der Waals surface area contributed by atoms with Gasteiger partial charge >= 0.3 is 0 Å². The Morgan fingerprint density at radius 3 is 2.73 bits per heavy atom. The largest absolute Gasteiger partial charge is 0.497 e. The summed E-state index contributed by atoms with van der Waals surface area (Å²) in [4.78, 5) is 0. The van der Waals surface area contributed by atoms with Gasteiger partial charge in [-0.2, -0.15) is 0 Å². The highest BCUT2D eigenvalue weighted by molar-refractivity contribution is 8.14. The summed E-state index contributed by atoms with van der Waals surface area (Å²) in [5.74, 6) is 0.771. The molecular formula is C10H11ClO3S. The summed E-state index contributed by atoms with van der Waals surface area (Å²) in [7, 11) is 3.46. The van der Waals surface area contributed by atoms with Crippen LogP contribution in [0.2, 0.25) is 0 Å². The van der Waals surface area contributed by atoms with Gasteiger partial charge in [-0.15, -0.1) is 0 Å². The molecular weight excluding hydrogens is 236 g/mol. The summed E-state index contributed by atoms with van der Waals surface area (Å²) in [6.07, 6.45) is 0.610. The predicted molar refractivity (Wildman–Crippen MR) is 58.9 cm³/mol. The molecule has 3 nitrogen and oxygen atoms in total. The quantitative estimate of drug-likeness (QED) is 0.768. The van der Waals surface area contributed by atoms with E-state index < -0.39 is 14.3 Å². The van der Waals surface area contributed by atoms with Gasteiger partial charge in [0.05, 0.1) is 12.4 Å². The number of hydrogen-bond acceptors (Lipinski definition) is 3. The molecule has 1 aliphatic rings. The van der Waals surface area contributed by atoms with E-state index in [4.69, 9.17) is 15.4 Å². The third-order valence-electron chi connectivity index (χ3n) is 2.62. The molecule has 0 N–H and O–H groups in total. The average molecular weight is 247 g/mol. The second-order valence-electron chi connectivity index (χ2n) is 3.63. The van der Waals surface area contributed by atoms with E-state index in [0.717, 1.165) is 11.3 Å². The minimum absolute atomic E-state index is 0.0302. The van der Waals surface area contributed by atoms with Gasteiger partial charge in [0, 0.05) is 16.6 Å². The minimum atomic E-state index is -3.42. The van der Waals surface area contributed by atoms with Crippen LogP contribution < -0.4 is 4.74 Å². The molecule has 0 aliphatic heterocycles. The Labute approximate surface area is 93.4 Å². The van der Waals surface area contributed by atoms with Crippen LogP contribution in [0.4, 0.5) is 0 Å². The fourth-order valence-electron chi connectivity index (χ4n) is 1.71. The van der Waals surface area contributed by atoms with Crippen molar-refractivity contribution in [2.24, 2.45) is 0 Å². The van der Waals surface area contributed by atoms with E-state index in [1.807, 2.05) is 24.3 Å². The fourth-order valence-corrected chi connectivity index (χ4v) is 3.28. The summed E-state index contributed by atoms with van der Waals surface area (Å²) in [6.45, 7) is 0. The van der Waals surface area contributed by atoms with Gasteiger partial charge in [-0.3, -0.25) is 0 Å². The second-order valence-corrected chi connectivity index (χ2v) is 6.48. The molecule has 15 heavy (non-hydrogen) atoms.